The number of amides is 1. The molecule has 6 heteroatoms. The molecule has 2 aromatic heterocycles. The van der Waals surface area contributed by atoms with E-state index in [1.54, 1.807) is 12.1 Å². The largest absolute Gasteiger partial charge is 0.306 e. The predicted molar refractivity (Wildman–Crippen MR) is 80.0 cm³/mol. The average molecular weight is 331 g/mol. The van der Waals surface area contributed by atoms with Gasteiger partial charge in [0.05, 0.1) is 11.3 Å². The van der Waals surface area contributed by atoms with Crippen molar-refractivity contribution in [1.29, 1.82) is 0 Å². The number of hydrogen-bond acceptors (Lipinski definition) is 3. The van der Waals surface area contributed by atoms with Crippen molar-refractivity contribution in [1.82, 2.24) is 14.8 Å². The number of aromatic nitrogens is 2. The number of hydrogen-bond donors (Lipinski definition) is 2. The Balaban J connectivity index is 2.15. The van der Waals surface area contributed by atoms with Crippen molar-refractivity contribution in [3.8, 4) is 11.3 Å². The number of rotatable bonds is 2. The molecule has 3 aromatic rings. The molecule has 0 aliphatic heterocycles. The van der Waals surface area contributed by atoms with Crippen molar-refractivity contribution >= 4 is 27.5 Å². The number of pyridine rings is 1. The van der Waals surface area contributed by atoms with Gasteiger partial charge in [0.1, 0.15) is 5.65 Å². The molecule has 100 valence electrons. The summed E-state index contributed by atoms with van der Waals surface area (Å²) in [7, 11) is 0. The number of imidazole rings is 1. The van der Waals surface area contributed by atoms with Gasteiger partial charge in [-0.05, 0) is 24.3 Å². The van der Waals surface area contributed by atoms with Crippen molar-refractivity contribution in [2.45, 2.75) is 0 Å². The van der Waals surface area contributed by atoms with Crippen LogP contribution < -0.4 is 11.3 Å². The molecule has 1 amide bonds. The van der Waals surface area contributed by atoms with E-state index in [2.05, 4.69) is 26.3 Å². The summed E-state index contributed by atoms with van der Waals surface area (Å²) in [5.41, 5.74) is 4.93. The first-order valence-electron chi connectivity index (χ1n) is 5.93. The lowest BCUT2D eigenvalue weighted by atomic mass is 10.2. The van der Waals surface area contributed by atoms with E-state index in [1.165, 1.54) is 0 Å². The topological polar surface area (TPSA) is 72.4 Å². The number of nitrogens with one attached hydrogen (secondary N) is 1. The van der Waals surface area contributed by atoms with Crippen LogP contribution in [0.2, 0.25) is 0 Å². The monoisotopic (exact) mass is 330 g/mol. The number of benzene rings is 1. The average Bonchev–Trinajstić information content (AvgIpc) is 2.91. The zero-order valence-corrected chi connectivity index (χ0v) is 12.0. The lowest BCUT2D eigenvalue weighted by Gasteiger charge is -2.00. The Morgan fingerprint density at radius 1 is 1.25 bits per heavy atom. The van der Waals surface area contributed by atoms with E-state index < -0.39 is 0 Å². The Labute approximate surface area is 123 Å². The first-order chi connectivity index (χ1) is 9.69. The minimum absolute atomic E-state index is 0.358. The predicted octanol–water partition coefficient (Wildman–Crippen LogP) is 2.37. The van der Waals surface area contributed by atoms with Gasteiger partial charge in [0.2, 0.25) is 0 Å². The van der Waals surface area contributed by atoms with Gasteiger partial charge < -0.3 is 4.40 Å². The second kappa shape index (κ2) is 5.07. The van der Waals surface area contributed by atoms with E-state index >= 15 is 0 Å². The fourth-order valence-corrected chi connectivity index (χ4v) is 2.29. The molecule has 3 rings (SSSR count). The summed E-state index contributed by atoms with van der Waals surface area (Å²) in [4.78, 5) is 16.2. The number of fused-ring (bicyclic) bond motifs is 1. The van der Waals surface area contributed by atoms with Crippen LogP contribution >= 0.6 is 15.9 Å². The third-order valence-electron chi connectivity index (χ3n) is 3.00. The van der Waals surface area contributed by atoms with Crippen LogP contribution in [0, 0.1) is 0 Å². The van der Waals surface area contributed by atoms with Crippen LogP contribution in [0.5, 0.6) is 0 Å². The van der Waals surface area contributed by atoms with Gasteiger partial charge in [-0.3, -0.25) is 10.2 Å². The van der Waals surface area contributed by atoms with E-state index in [1.807, 2.05) is 41.1 Å². The van der Waals surface area contributed by atoms with Crippen LogP contribution in [0.1, 0.15) is 10.4 Å². The maximum absolute atomic E-state index is 11.7. The summed E-state index contributed by atoms with van der Waals surface area (Å²) in [6, 6.07) is 11.3. The van der Waals surface area contributed by atoms with Crippen molar-refractivity contribution in [3.05, 3.63) is 58.8 Å². The Morgan fingerprint density at radius 3 is 2.70 bits per heavy atom. The quantitative estimate of drug-likeness (QED) is 0.430. The third-order valence-corrected chi connectivity index (χ3v) is 3.53. The van der Waals surface area contributed by atoms with Crippen LogP contribution in [0.3, 0.4) is 0 Å². The molecule has 1 aromatic carbocycles. The Hall–Kier alpha value is -2.18. The lowest BCUT2D eigenvalue weighted by molar-refractivity contribution is 0.0955. The number of halogens is 1. The van der Waals surface area contributed by atoms with Crippen molar-refractivity contribution < 1.29 is 4.79 Å². The zero-order valence-electron chi connectivity index (χ0n) is 10.4. The summed E-state index contributed by atoms with van der Waals surface area (Å²) in [6.07, 6.45) is 3.73. The molecule has 0 aliphatic carbocycles. The number of carbonyl (C=O) groups is 1. The third kappa shape index (κ3) is 2.19. The molecule has 3 N–H and O–H groups in total. The highest BCUT2D eigenvalue weighted by Gasteiger charge is 2.12. The molecule has 0 fully saturated rings. The molecule has 20 heavy (non-hydrogen) atoms. The van der Waals surface area contributed by atoms with Gasteiger partial charge >= 0.3 is 0 Å². The molecule has 0 unspecified atom stereocenters. The SMILES string of the molecule is NNC(=O)c1cccn2cc(-c3ccc(Br)cc3)nc12. The van der Waals surface area contributed by atoms with E-state index in [0.717, 1.165) is 15.7 Å². The molecule has 5 nitrogen and oxygen atoms in total. The van der Waals surface area contributed by atoms with Gasteiger partial charge in [-0.25, -0.2) is 10.8 Å². The fourth-order valence-electron chi connectivity index (χ4n) is 2.03. The standard InChI is InChI=1S/C14H11BrN4O/c15-10-5-3-9(4-6-10)12-8-19-7-1-2-11(13(19)17-12)14(20)18-16/h1-8H,16H2,(H,18,20). The molecule has 0 radical (unpaired) electrons. The highest BCUT2D eigenvalue weighted by molar-refractivity contribution is 9.10. The van der Waals surface area contributed by atoms with Crippen molar-refractivity contribution in [2.24, 2.45) is 5.84 Å². The minimum atomic E-state index is -0.358. The van der Waals surface area contributed by atoms with E-state index in [9.17, 15) is 4.79 Å². The fraction of sp³-hybridized carbons (Fsp3) is 0. The van der Waals surface area contributed by atoms with Crippen LogP contribution in [-0.2, 0) is 0 Å². The molecular formula is C14H11BrN4O. The molecular weight excluding hydrogens is 320 g/mol. The molecule has 0 saturated heterocycles. The van der Waals surface area contributed by atoms with Crippen LogP contribution in [0.4, 0.5) is 0 Å². The summed E-state index contributed by atoms with van der Waals surface area (Å²) in [5, 5.41) is 0. The summed E-state index contributed by atoms with van der Waals surface area (Å²) < 4.78 is 2.82. The van der Waals surface area contributed by atoms with Crippen molar-refractivity contribution in [2.75, 3.05) is 0 Å². The first kappa shape index (κ1) is 12.8. The van der Waals surface area contributed by atoms with E-state index in [4.69, 9.17) is 5.84 Å². The molecule has 0 aliphatic rings. The maximum atomic E-state index is 11.7. The Bertz CT molecular complexity index is 779. The number of nitrogen functional groups attached to an aromatic ring is 1. The number of nitrogens with zero attached hydrogens (tertiary/aromatic N) is 2. The summed E-state index contributed by atoms with van der Waals surface area (Å²) in [6.45, 7) is 0. The number of hydrazine groups is 1. The second-order valence-electron chi connectivity index (χ2n) is 4.26. The lowest BCUT2D eigenvalue weighted by Crippen LogP contribution is -2.30. The van der Waals surface area contributed by atoms with Gasteiger partial charge in [0, 0.05) is 22.4 Å². The van der Waals surface area contributed by atoms with Gasteiger partial charge in [0.25, 0.3) is 5.91 Å². The number of carbonyl (C=O) groups excluding carboxylic acids is 1. The number of nitrogens with two attached hydrogens (primary N) is 1. The van der Waals surface area contributed by atoms with Gasteiger partial charge in [-0.15, -0.1) is 0 Å². The summed E-state index contributed by atoms with van der Waals surface area (Å²) in [5.74, 6) is 4.83. The van der Waals surface area contributed by atoms with Gasteiger partial charge in [-0.2, -0.15) is 0 Å². The van der Waals surface area contributed by atoms with Crippen LogP contribution in [-0.4, -0.2) is 15.3 Å². The van der Waals surface area contributed by atoms with Gasteiger partial charge in [-0.1, -0.05) is 28.1 Å². The molecule has 0 bridgehead atoms. The molecule has 0 saturated carbocycles. The van der Waals surface area contributed by atoms with E-state index in [0.29, 0.717) is 11.2 Å². The second-order valence-corrected chi connectivity index (χ2v) is 5.17. The molecule has 0 atom stereocenters. The normalized spacial score (nSPS) is 10.7. The highest BCUT2D eigenvalue weighted by atomic mass is 79.9. The minimum Gasteiger partial charge on any atom is -0.306 e. The van der Waals surface area contributed by atoms with Gasteiger partial charge in [0.15, 0.2) is 0 Å². The zero-order chi connectivity index (χ0) is 14.1. The Morgan fingerprint density at radius 2 is 2.00 bits per heavy atom. The van der Waals surface area contributed by atoms with Crippen molar-refractivity contribution in [3.63, 3.8) is 0 Å². The highest BCUT2D eigenvalue weighted by Crippen LogP contribution is 2.22. The summed E-state index contributed by atoms with van der Waals surface area (Å²) >= 11 is 3.40. The Kier molecular flexibility index (Phi) is 3.25. The molecule has 0 spiro atoms. The smallest absolute Gasteiger partial charge is 0.268 e. The first-order valence-corrected chi connectivity index (χ1v) is 6.73. The maximum Gasteiger partial charge on any atom is 0.268 e. The van der Waals surface area contributed by atoms with Crippen LogP contribution in [0.25, 0.3) is 16.9 Å². The van der Waals surface area contributed by atoms with Crippen LogP contribution in [0.15, 0.2) is 53.3 Å². The molecule has 2 heterocycles. The van der Waals surface area contributed by atoms with E-state index in [-0.39, 0.29) is 5.91 Å².